The molecule has 1 aromatic carbocycles. The number of aromatic nitrogens is 1. The van der Waals surface area contributed by atoms with E-state index in [1.54, 1.807) is 32.9 Å². The van der Waals surface area contributed by atoms with Crippen LogP contribution in [-0.4, -0.2) is 59.0 Å². The highest BCUT2D eigenvalue weighted by atomic mass is 19.4. The van der Waals surface area contributed by atoms with E-state index in [0.717, 1.165) is 0 Å². The number of pyridine rings is 1. The quantitative estimate of drug-likeness (QED) is 0.496. The largest absolute Gasteiger partial charge is 0.486 e. The fourth-order valence-electron chi connectivity index (χ4n) is 4.32. The number of hydrogen-bond donors (Lipinski definition) is 1. The minimum Gasteiger partial charge on any atom is -0.486 e. The predicted octanol–water partition coefficient (Wildman–Crippen LogP) is 5.48. The van der Waals surface area contributed by atoms with Crippen LogP contribution in [0.1, 0.15) is 39.2 Å². The zero-order valence-electron chi connectivity index (χ0n) is 21.6. The van der Waals surface area contributed by atoms with Crippen molar-refractivity contribution in [1.82, 2.24) is 9.88 Å². The molecule has 2 unspecified atom stereocenters. The summed E-state index contributed by atoms with van der Waals surface area (Å²) in [5, 5.41) is 12.1. The van der Waals surface area contributed by atoms with E-state index in [-0.39, 0.29) is 43.1 Å². The average molecular weight is 549 g/mol. The van der Waals surface area contributed by atoms with Gasteiger partial charge in [0.25, 0.3) is 0 Å². The van der Waals surface area contributed by atoms with E-state index in [4.69, 9.17) is 9.47 Å². The van der Waals surface area contributed by atoms with Crippen LogP contribution in [0.4, 0.5) is 28.2 Å². The summed E-state index contributed by atoms with van der Waals surface area (Å²) in [4.78, 5) is 29.7. The van der Waals surface area contributed by atoms with E-state index in [0.29, 0.717) is 11.1 Å². The molecule has 0 radical (unpaired) electrons. The first-order valence-electron chi connectivity index (χ1n) is 12.4. The normalized spacial score (nSPS) is 23.0. The monoisotopic (exact) mass is 548 g/mol. The second-order valence-electron chi connectivity index (χ2n) is 10.6. The van der Waals surface area contributed by atoms with Gasteiger partial charge < -0.3 is 19.7 Å². The van der Waals surface area contributed by atoms with Crippen LogP contribution >= 0.6 is 0 Å². The molecule has 2 aliphatic rings. The van der Waals surface area contributed by atoms with Gasteiger partial charge in [0.2, 0.25) is 5.91 Å². The smallest absolute Gasteiger partial charge is 0.410 e. The third-order valence-corrected chi connectivity index (χ3v) is 6.40. The number of rotatable bonds is 5. The maximum atomic E-state index is 14.9. The van der Waals surface area contributed by atoms with E-state index in [2.05, 4.69) is 10.3 Å². The highest BCUT2D eigenvalue weighted by molar-refractivity contribution is 5.94. The van der Waals surface area contributed by atoms with Crippen LogP contribution in [0.3, 0.4) is 0 Å². The van der Waals surface area contributed by atoms with Gasteiger partial charge in [0.1, 0.15) is 29.3 Å². The molecule has 2 aromatic rings. The van der Waals surface area contributed by atoms with Crippen LogP contribution in [0, 0.1) is 23.2 Å². The molecule has 1 aliphatic heterocycles. The lowest BCUT2D eigenvalue weighted by atomic mass is 10.0. The summed E-state index contributed by atoms with van der Waals surface area (Å²) in [5.41, 5.74) is 0.560. The predicted molar refractivity (Wildman–Crippen MR) is 132 cm³/mol. The van der Waals surface area contributed by atoms with Crippen molar-refractivity contribution < 1.29 is 36.6 Å². The van der Waals surface area contributed by atoms with Crippen LogP contribution < -0.4 is 10.1 Å². The number of carbonyl (C=O) groups is 2. The lowest BCUT2D eigenvalue weighted by molar-refractivity contribution is -0.153. The molecule has 0 bridgehead atoms. The molecule has 4 atom stereocenters. The van der Waals surface area contributed by atoms with E-state index in [1.165, 1.54) is 29.3 Å². The lowest BCUT2D eigenvalue weighted by Gasteiger charge is -2.35. The molecule has 1 aromatic heterocycles. The highest BCUT2D eigenvalue weighted by Crippen LogP contribution is 2.50. The Kier molecular flexibility index (Phi) is 7.73. The first-order valence-corrected chi connectivity index (χ1v) is 12.4. The first kappa shape index (κ1) is 28.1. The number of ether oxygens (including phenoxy) is 2. The Labute approximate surface area is 222 Å². The van der Waals surface area contributed by atoms with Crippen molar-refractivity contribution in [2.24, 2.45) is 11.8 Å². The Morgan fingerprint density at radius 3 is 2.49 bits per heavy atom. The Morgan fingerprint density at radius 2 is 1.87 bits per heavy atom. The lowest BCUT2D eigenvalue weighted by Crippen LogP contribution is -2.50. The van der Waals surface area contributed by atoms with Gasteiger partial charge in [-0.1, -0.05) is 6.07 Å². The van der Waals surface area contributed by atoms with Crippen molar-refractivity contribution in [2.45, 2.75) is 57.7 Å². The summed E-state index contributed by atoms with van der Waals surface area (Å²) in [5.74, 6) is -3.26. The molecule has 1 aliphatic carbocycles. The zero-order chi connectivity index (χ0) is 28.5. The number of nitrogens with zero attached hydrogens (tertiary/aromatic N) is 3. The number of nitrogens with one attached hydrogen (secondary N) is 1. The number of amides is 2. The third-order valence-electron chi connectivity index (χ3n) is 6.40. The Balaban J connectivity index is 1.41. The van der Waals surface area contributed by atoms with Crippen molar-refractivity contribution in [2.75, 3.05) is 18.4 Å². The van der Waals surface area contributed by atoms with Gasteiger partial charge in [-0.05, 0) is 62.6 Å². The highest BCUT2D eigenvalue weighted by Gasteiger charge is 2.58. The van der Waals surface area contributed by atoms with Gasteiger partial charge in [0, 0.05) is 19.2 Å². The van der Waals surface area contributed by atoms with Crippen molar-refractivity contribution >= 4 is 17.8 Å². The van der Waals surface area contributed by atoms with Gasteiger partial charge in [0.15, 0.2) is 6.17 Å². The number of alkyl halides is 4. The van der Waals surface area contributed by atoms with Crippen molar-refractivity contribution in [1.29, 1.82) is 5.26 Å². The molecule has 2 fully saturated rings. The van der Waals surface area contributed by atoms with Crippen LogP contribution in [-0.2, 0) is 9.53 Å². The fraction of sp³-hybridized carbons (Fsp3) is 0.481. The van der Waals surface area contributed by atoms with Gasteiger partial charge in [-0.25, -0.2) is 14.2 Å². The number of carbonyl (C=O) groups excluding carboxylic acids is 2. The Morgan fingerprint density at radius 1 is 1.15 bits per heavy atom. The van der Waals surface area contributed by atoms with Crippen molar-refractivity contribution in [3.05, 3.63) is 42.1 Å². The zero-order valence-corrected chi connectivity index (χ0v) is 21.6. The molecule has 1 saturated carbocycles. The molecule has 1 N–H and O–H groups in total. The fourth-order valence-corrected chi connectivity index (χ4v) is 4.32. The first-order chi connectivity index (χ1) is 18.2. The summed E-state index contributed by atoms with van der Waals surface area (Å²) in [6.07, 6.45) is -6.03. The number of likely N-dealkylation sites (tertiary alicyclic amines) is 1. The van der Waals surface area contributed by atoms with E-state index >= 15 is 0 Å². The summed E-state index contributed by atoms with van der Waals surface area (Å²) < 4.78 is 64.3. The minimum atomic E-state index is -4.41. The minimum absolute atomic E-state index is 0.0844. The van der Waals surface area contributed by atoms with Crippen molar-refractivity contribution in [3.8, 4) is 22.9 Å². The van der Waals surface area contributed by atoms with E-state index < -0.39 is 47.9 Å². The molecular weight excluding hydrogens is 520 g/mol. The Hall–Kier alpha value is -3.88. The number of hydrogen-bond acceptors (Lipinski definition) is 6. The molecule has 4 rings (SSSR count). The van der Waals surface area contributed by atoms with Crippen molar-refractivity contribution in [3.63, 3.8) is 0 Å². The number of benzene rings is 1. The molecule has 39 heavy (non-hydrogen) atoms. The second kappa shape index (κ2) is 10.7. The molecule has 1 saturated heterocycles. The van der Waals surface area contributed by atoms with Gasteiger partial charge in [0.05, 0.1) is 23.9 Å². The van der Waals surface area contributed by atoms with Crippen LogP contribution in [0.2, 0.25) is 0 Å². The third kappa shape index (κ3) is 6.96. The van der Waals surface area contributed by atoms with Gasteiger partial charge >= 0.3 is 12.3 Å². The van der Waals surface area contributed by atoms with Gasteiger partial charge in [-0.3, -0.25) is 4.79 Å². The molecule has 208 valence electrons. The number of halogens is 4. The number of anilines is 1. The SMILES string of the molecule is CC(C)(C)OC(=O)N1CC[C@H](Oc2ccc(-c3ccnc(NC(=O)C4CC4C(F)(F)F)c3)cc2C#N)[C@H](F)C1. The molecule has 12 heteroatoms. The van der Waals surface area contributed by atoms with E-state index in [9.17, 15) is 32.4 Å². The van der Waals surface area contributed by atoms with Crippen LogP contribution in [0.25, 0.3) is 11.1 Å². The molecular formula is C27H28F4N4O4. The molecule has 2 heterocycles. The van der Waals surface area contributed by atoms with E-state index in [1.807, 2.05) is 6.07 Å². The molecule has 0 spiro atoms. The summed E-state index contributed by atoms with van der Waals surface area (Å²) in [6, 6.07) is 9.83. The summed E-state index contributed by atoms with van der Waals surface area (Å²) in [6.45, 7) is 5.21. The Bertz CT molecular complexity index is 1290. The second-order valence-corrected chi connectivity index (χ2v) is 10.6. The maximum Gasteiger partial charge on any atom is 0.410 e. The summed E-state index contributed by atoms with van der Waals surface area (Å²) >= 11 is 0. The number of nitriles is 1. The average Bonchev–Trinajstić information content (AvgIpc) is 3.66. The van der Waals surface area contributed by atoms with Crippen LogP contribution in [0.5, 0.6) is 5.75 Å². The topological polar surface area (TPSA) is 105 Å². The molecule has 2 amide bonds. The van der Waals surface area contributed by atoms with Crippen LogP contribution in [0.15, 0.2) is 36.5 Å². The number of piperidine rings is 1. The maximum absolute atomic E-state index is 14.9. The van der Waals surface area contributed by atoms with Gasteiger partial charge in [-0.15, -0.1) is 0 Å². The summed E-state index contributed by atoms with van der Waals surface area (Å²) in [7, 11) is 0. The molecule has 8 nitrogen and oxygen atoms in total. The standard InChI is InChI=1S/C27H28F4N4O4/c1-26(2,3)39-25(37)35-9-7-22(20(28)14-35)38-21-5-4-15(10-17(21)13-32)16-6-8-33-23(11-16)34-24(36)18-12-19(18)27(29,30)31/h4-6,8,10-11,18-20,22H,7,9,12,14H2,1-3H3,(H,33,34,36)/t18?,19?,20-,22+/m1/s1. The van der Waals surface area contributed by atoms with Gasteiger partial charge in [-0.2, -0.15) is 18.4 Å².